The third-order valence-electron chi connectivity index (χ3n) is 4.78. The van der Waals surface area contributed by atoms with Gasteiger partial charge in [0.15, 0.2) is 9.84 Å². The SMILES string of the molecule is O=C(CCS(=O)(=O)c1ccccc1)Nc1ccc2c(c1)-c1ccccc1C2. The number of benzene rings is 3. The van der Waals surface area contributed by atoms with Gasteiger partial charge in [0.2, 0.25) is 5.91 Å². The predicted octanol–water partition coefficient (Wildman–Crippen LogP) is 4.06. The molecule has 0 atom stereocenters. The number of amides is 1. The van der Waals surface area contributed by atoms with Crippen molar-refractivity contribution in [2.45, 2.75) is 17.7 Å². The summed E-state index contributed by atoms with van der Waals surface area (Å²) in [5.41, 5.74) is 5.52. The van der Waals surface area contributed by atoms with E-state index in [-0.39, 0.29) is 23.0 Å². The van der Waals surface area contributed by atoms with E-state index in [1.807, 2.05) is 30.3 Å². The summed E-state index contributed by atoms with van der Waals surface area (Å²) in [5, 5.41) is 2.82. The Hall–Kier alpha value is -2.92. The van der Waals surface area contributed by atoms with Crippen molar-refractivity contribution in [2.24, 2.45) is 0 Å². The average Bonchev–Trinajstić information content (AvgIpc) is 3.05. The van der Waals surface area contributed by atoms with Crippen molar-refractivity contribution >= 4 is 21.4 Å². The zero-order valence-electron chi connectivity index (χ0n) is 14.7. The number of rotatable bonds is 5. The molecule has 136 valence electrons. The van der Waals surface area contributed by atoms with E-state index in [4.69, 9.17) is 0 Å². The molecule has 0 aromatic heterocycles. The van der Waals surface area contributed by atoms with Crippen LogP contribution >= 0.6 is 0 Å². The first-order valence-corrected chi connectivity index (χ1v) is 10.5. The third kappa shape index (κ3) is 3.64. The van der Waals surface area contributed by atoms with Crippen molar-refractivity contribution in [3.05, 3.63) is 83.9 Å². The van der Waals surface area contributed by atoms with Crippen LogP contribution in [0.1, 0.15) is 17.5 Å². The largest absolute Gasteiger partial charge is 0.326 e. The van der Waals surface area contributed by atoms with E-state index in [0.717, 1.165) is 12.0 Å². The molecular formula is C22H19NO3S. The Kier molecular flexibility index (Phi) is 4.54. The van der Waals surface area contributed by atoms with Crippen molar-refractivity contribution in [3.8, 4) is 11.1 Å². The van der Waals surface area contributed by atoms with Gasteiger partial charge in [-0.15, -0.1) is 0 Å². The fraction of sp³-hybridized carbons (Fsp3) is 0.136. The zero-order chi connectivity index (χ0) is 18.9. The van der Waals surface area contributed by atoms with Crippen molar-refractivity contribution in [2.75, 3.05) is 11.1 Å². The van der Waals surface area contributed by atoms with Crippen LogP contribution < -0.4 is 5.32 Å². The van der Waals surface area contributed by atoms with E-state index in [1.54, 1.807) is 30.3 Å². The number of sulfone groups is 1. The van der Waals surface area contributed by atoms with Crippen LogP contribution in [0.4, 0.5) is 5.69 Å². The number of carbonyl (C=O) groups is 1. The molecule has 0 fully saturated rings. The second kappa shape index (κ2) is 7.00. The molecule has 0 bridgehead atoms. The molecule has 0 saturated heterocycles. The van der Waals surface area contributed by atoms with E-state index in [1.165, 1.54) is 16.7 Å². The summed E-state index contributed by atoms with van der Waals surface area (Å²) in [6.45, 7) is 0. The monoisotopic (exact) mass is 377 g/mol. The van der Waals surface area contributed by atoms with Crippen LogP contribution in [0.5, 0.6) is 0 Å². The quantitative estimate of drug-likeness (QED) is 0.570. The number of anilines is 1. The first-order chi connectivity index (χ1) is 13.0. The Morgan fingerprint density at radius 2 is 1.56 bits per heavy atom. The Bertz CT molecular complexity index is 1110. The molecule has 0 aliphatic heterocycles. The van der Waals surface area contributed by atoms with Gasteiger partial charge in [-0.2, -0.15) is 0 Å². The Labute approximate surface area is 158 Å². The molecule has 3 aromatic rings. The highest BCUT2D eigenvalue weighted by Crippen LogP contribution is 2.37. The van der Waals surface area contributed by atoms with Crippen LogP contribution in [0.3, 0.4) is 0 Å². The molecule has 4 nitrogen and oxygen atoms in total. The molecule has 1 aliphatic rings. The third-order valence-corrected chi connectivity index (χ3v) is 6.51. The number of hydrogen-bond donors (Lipinski definition) is 1. The number of fused-ring (bicyclic) bond motifs is 3. The minimum absolute atomic E-state index is 0.0785. The van der Waals surface area contributed by atoms with Crippen molar-refractivity contribution in [1.29, 1.82) is 0 Å². The number of nitrogens with one attached hydrogen (secondary N) is 1. The minimum Gasteiger partial charge on any atom is -0.326 e. The van der Waals surface area contributed by atoms with Gasteiger partial charge in [0, 0.05) is 12.1 Å². The maximum Gasteiger partial charge on any atom is 0.225 e. The Morgan fingerprint density at radius 1 is 0.852 bits per heavy atom. The average molecular weight is 377 g/mol. The van der Waals surface area contributed by atoms with Crippen molar-refractivity contribution in [3.63, 3.8) is 0 Å². The summed E-state index contributed by atoms with van der Waals surface area (Å²) in [6, 6.07) is 22.3. The molecule has 3 aromatic carbocycles. The van der Waals surface area contributed by atoms with E-state index in [0.29, 0.717) is 5.69 Å². The first-order valence-electron chi connectivity index (χ1n) is 8.82. The molecule has 1 aliphatic carbocycles. The van der Waals surface area contributed by atoms with Crippen LogP contribution in [0.15, 0.2) is 77.7 Å². The molecule has 0 radical (unpaired) electrons. The van der Waals surface area contributed by atoms with E-state index in [9.17, 15) is 13.2 Å². The lowest BCUT2D eigenvalue weighted by Crippen LogP contribution is -2.17. The van der Waals surface area contributed by atoms with Crippen LogP contribution in [-0.2, 0) is 21.1 Å². The lowest BCUT2D eigenvalue weighted by atomic mass is 10.1. The van der Waals surface area contributed by atoms with Gasteiger partial charge < -0.3 is 5.32 Å². The number of carbonyl (C=O) groups excluding carboxylic acids is 1. The summed E-state index contributed by atoms with van der Waals surface area (Å²) in [5.74, 6) is -0.517. The minimum atomic E-state index is -3.46. The Balaban J connectivity index is 1.44. The van der Waals surface area contributed by atoms with Gasteiger partial charge in [-0.1, -0.05) is 48.5 Å². The summed E-state index contributed by atoms with van der Waals surface area (Å²) in [7, 11) is -3.46. The second-order valence-electron chi connectivity index (χ2n) is 6.64. The molecule has 5 heteroatoms. The summed E-state index contributed by atoms with van der Waals surface area (Å²) in [4.78, 5) is 12.5. The molecule has 1 amide bonds. The van der Waals surface area contributed by atoms with Gasteiger partial charge >= 0.3 is 0 Å². The fourth-order valence-electron chi connectivity index (χ4n) is 3.40. The van der Waals surface area contributed by atoms with Crippen LogP contribution in [0, 0.1) is 0 Å². The molecular weight excluding hydrogens is 358 g/mol. The molecule has 0 heterocycles. The van der Waals surface area contributed by atoms with Gasteiger partial charge in [-0.3, -0.25) is 4.79 Å². The van der Waals surface area contributed by atoms with Gasteiger partial charge in [0.1, 0.15) is 0 Å². The topological polar surface area (TPSA) is 63.2 Å². The molecule has 1 N–H and O–H groups in total. The van der Waals surface area contributed by atoms with E-state index in [2.05, 4.69) is 17.4 Å². The van der Waals surface area contributed by atoms with Crippen molar-refractivity contribution in [1.82, 2.24) is 0 Å². The van der Waals surface area contributed by atoms with Gasteiger partial charge in [-0.25, -0.2) is 8.42 Å². The second-order valence-corrected chi connectivity index (χ2v) is 8.75. The lowest BCUT2D eigenvalue weighted by Gasteiger charge is -2.09. The molecule has 0 spiro atoms. The standard InChI is InChI=1S/C22H19NO3S/c24-22(12-13-27(25,26)19-7-2-1-3-8-19)23-18-11-10-17-14-16-6-4-5-9-20(16)21(17)15-18/h1-11,15H,12-14H2,(H,23,24). The van der Waals surface area contributed by atoms with Crippen LogP contribution in [-0.4, -0.2) is 20.1 Å². The molecule has 27 heavy (non-hydrogen) atoms. The highest BCUT2D eigenvalue weighted by molar-refractivity contribution is 7.91. The molecule has 4 rings (SSSR count). The Morgan fingerprint density at radius 3 is 2.37 bits per heavy atom. The van der Waals surface area contributed by atoms with Crippen LogP contribution in [0.25, 0.3) is 11.1 Å². The normalized spacial score (nSPS) is 12.3. The number of hydrogen-bond acceptors (Lipinski definition) is 3. The van der Waals surface area contributed by atoms with Gasteiger partial charge in [0.05, 0.1) is 10.6 Å². The zero-order valence-corrected chi connectivity index (χ0v) is 15.5. The first kappa shape index (κ1) is 17.5. The maximum atomic E-state index is 12.3. The predicted molar refractivity (Wildman–Crippen MR) is 106 cm³/mol. The highest BCUT2D eigenvalue weighted by atomic mass is 32.2. The smallest absolute Gasteiger partial charge is 0.225 e. The lowest BCUT2D eigenvalue weighted by molar-refractivity contribution is -0.115. The van der Waals surface area contributed by atoms with Crippen molar-refractivity contribution < 1.29 is 13.2 Å². The van der Waals surface area contributed by atoms with Gasteiger partial charge in [0.25, 0.3) is 0 Å². The molecule has 0 unspecified atom stereocenters. The summed E-state index contributed by atoms with van der Waals surface area (Å²) < 4.78 is 24.6. The summed E-state index contributed by atoms with van der Waals surface area (Å²) in [6.07, 6.45) is 0.819. The fourth-order valence-corrected chi connectivity index (χ4v) is 4.66. The van der Waals surface area contributed by atoms with Gasteiger partial charge in [-0.05, 0) is 52.9 Å². The van der Waals surface area contributed by atoms with Crippen LogP contribution in [0.2, 0.25) is 0 Å². The highest BCUT2D eigenvalue weighted by Gasteiger charge is 2.19. The molecule has 0 saturated carbocycles. The maximum absolute atomic E-state index is 12.3. The van der Waals surface area contributed by atoms with E-state index < -0.39 is 9.84 Å². The van der Waals surface area contributed by atoms with E-state index >= 15 is 0 Å². The summed E-state index contributed by atoms with van der Waals surface area (Å²) >= 11 is 0.